The standard InChI is InChI=1S/C23H22FN5O3/c1-29-21(30)18-8-20(14-2-3-14)31-12-23(18,28-22(29)26)17-7-15(4-5-19(17)24)32-16-6-13(9-25)10-27-11-16/h4-7,10-11,14,18,20H,2-3,8,12H2,1H3,(H2,26,28)/t18-,20+,23+/m0/s1. The molecule has 32 heavy (non-hydrogen) atoms. The van der Waals surface area contributed by atoms with Gasteiger partial charge in [0.05, 0.1) is 30.4 Å². The van der Waals surface area contributed by atoms with Gasteiger partial charge in [-0.05, 0) is 43.4 Å². The molecule has 1 aliphatic carbocycles. The van der Waals surface area contributed by atoms with Crippen molar-refractivity contribution in [3.63, 3.8) is 0 Å². The van der Waals surface area contributed by atoms with Crippen molar-refractivity contribution in [1.29, 1.82) is 5.26 Å². The first-order valence-corrected chi connectivity index (χ1v) is 10.5. The van der Waals surface area contributed by atoms with E-state index < -0.39 is 17.3 Å². The zero-order valence-electron chi connectivity index (χ0n) is 17.5. The molecule has 164 valence electrons. The summed E-state index contributed by atoms with van der Waals surface area (Å²) in [6, 6.07) is 7.82. The smallest absolute Gasteiger partial charge is 0.235 e. The SMILES string of the molecule is CN1C(=O)[C@@H]2C[C@H](C3CC3)OC[C@]2(c2cc(Oc3cncc(C#N)c3)ccc2F)N=C1N. The number of hydrogen-bond donors (Lipinski definition) is 1. The van der Waals surface area contributed by atoms with E-state index in [0.717, 1.165) is 12.8 Å². The predicted molar refractivity (Wildman–Crippen MR) is 112 cm³/mol. The lowest BCUT2D eigenvalue weighted by Gasteiger charge is -2.47. The van der Waals surface area contributed by atoms with Crippen molar-refractivity contribution < 1.29 is 18.7 Å². The maximum absolute atomic E-state index is 15.2. The van der Waals surface area contributed by atoms with E-state index in [2.05, 4.69) is 9.98 Å². The van der Waals surface area contributed by atoms with E-state index in [-0.39, 0.29) is 30.1 Å². The summed E-state index contributed by atoms with van der Waals surface area (Å²) in [5.41, 5.74) is 5.33. The second kappa shape index (κ2) is 7.57. The van der Waals surface area contributed by atoms with E-state index in [1.165, 1.54) is 41.6 Å². The van der Waals surface area contributed by atoms with Crippen LogP contribution in [-0.4, -0.2) is 41.5 Å². The minimum absolute atomic E-state index is 0.0244. The number of nitriles is 1. The van der Waals surface area contributed by atoms with Crippen molar-refractivity contribution in [2.24, 2.45) is 22.6 Å². The van der Waals surface area contributed by atoms with Crippen molar-refractivity contribution >= 4 is 11.9 Å². The van der Waals surface area contributed by atoms with Crippen LogP contribution in [0.4, 0.5) is 4.39 Å². The van der Waals surface area contributed by atoms with Crippen LogP contribution >= 0.6 is 0 Å². The fraction of sp³-hybridized carbons (Fsp3) is 0.391. The number of rotatable bonds is 4. The molecule has 3 heterocycles. The lowest BCUT2D eigenvalue weighted by molar-refractivity contribution is -0.146. The molecular weight excluding hydrogens is 413 g/mol. The average molecular weight is 435 g/mol. The first kappa shape index (κ1) is 20.4. The van der Waals surface area contributed by atoms with Crippen LogP contribution in [0.2, 0.25) is 0 Å². The fourth-order valence-corrected chi connectivity index (χ4v) is 4.57. The summed E-state index contributed by atoms with van der Waals surface area (Å²) in [7, 11) is 1.58. The van der Waals surface area contributed by atoms with E-state index in [1.807, 2.05) is 6.07 Å². The monoisotopic (exact) mass is 435 g/mol. The molecule has 2 fully saturated rings. The molecule has 3 atom stereocenters. The Morgan fingerprint density at radius 3 is 2.88 bits per heavy atom. The number of halogens is 1. The molecule has 0 bridgehead atoms. The third-order valence-electron chi connectivity index (χ3n) is 6.48. The lowest BCUT2D eigenvalue weighted by atomic mass is 9.72. The number of carbonyl (C=O) groups excluding carboxylic acids is 1. The summed E-state index contributed by atoms with van der Waals surface area (Å²) < 4.78 is 27.1. The zero-order valence-corrected chi connectivity index (χ0v) is 17.5. The minimum atomic E-state index is -1.27. The molecule has 2 N–H and O–H groups in total. The Balaban J connectivity index is 1.56. The molecule has 3 aliphatic rings. The summed E-state index contributed by atoms with van der Waals surface area (Å²) in [5, 5.41) is 9.07. The van der Waals surface area contributed by atoms with Gasteiger partial charge in [-0.3, -0.25) is 14.7 Å². The van der Waals surface area contributed by atoms with Crippen LogP contribution in [-0.2, 0) is 15.1 Å². The Hall–Kier alpha value is -3.51. The van der Waals surface area contributed by atoms with Gasteiger partial charge in [-0.1, -0.05) is 0 Å². The Morgan fingerprint density at radius 1 is 1.31 bits per heavy atom. The molecule has 8 nitrogen and oxygen atoms in total. The van der Waals surface area contributed by atoms with E-state index in [9.17, 15) is 4.79 Å². The van der Waals surface area contributed by atoms with Crippen molar-refractivity contribution in [1.82, 2.24) is 9.88 Å². The van der Waals surface area contributed by atoms with E-state index in [0.29, 0.717) is 29.4 Å². The Morgan fingerprint density at radius 2 is 2.12 bits per heavy atom. The number of guanidine groups is 1. The summed E-state index contributed by atoms with van der Waals surface area (Å²) in [6.45, 7) is 0.0605. The van der Waals surface area contributed by atoms with Gasteiger partial charge in [-0.15, -0.1) is 0 Å². The summed E-state index contributed by atoms with van der Waals surface area (Å²) >= 11 is 0. The van der Waals surface area contributed by atoms with Crippen molar-refractivity contribution in [3.05, 3.63) is 53.6 Å². The number of carbonyl (C=O) groups is 1. The summed E-state index contributed by atoms with van der Waals surface area (Å²) in [6.07, 6.45) is 5.46. The molecule has 9 heteroatoms. The maximum atomic E-state index is 15.2. The molecule has 0 unspecified atom stereocenters. The van der Waals surface area contributed by atoms with E-state index in [4.69, 9.17) is 20.5 Å². The number of aliphatic imine (C=N–C) groups is 1. The van der Waals surface area contributed by atoms with Gasteiger partial charge in [-0.25, -0.2) is 9.38 Å². The first-order chi connectivity index (χ1) is 15.4. The third kappa shape index (κ3) is 3.37. The molecular formula is C23H22FN5O3. The van der Waals surface area contributed by atoms with Gasteiger partial charge in [0.15, 0.2) is 5.96 Å². The number of benzene rings is 1. The maximum Gasteiger partial charge on any atom is 0.235 e. The van der Waals surface area contributed by atoms with Crippen LogP contribution in [0.3, 0.4) is 0 Å². The van der Waals surface area contributed by atoms with E-state index >= 15 is 4.39 Å². The van der Waals surface area contributed by atoms with Crippen LogP contribution in [0.5, 0.6) is 11.5 Å². The molecule has 1 saturated carbocycles. The Labute approximate surface area is 184 Å². The Kier molecular flexibility index (Phi) is 4.82. The molecule has 1 amide bonds. The number of hydrogen-bond acceptors (Lipinski definition) is 7. The number of nitrogens with two attached hydrogens (primary N) is 1. The highest BCUT2D eigenvalue weighted by Crippen LogP contribution is 2.50. The van der Waals surface area contributed by atoms with Gasteiger partial charge in [0, 0.05) is 24.9 Å². The van der Waals surface area contributed by atoms with Crippen LogP contribution in [0.15, 0.2) is 41.7 Å². The highest BCUT2D eigenvalue weighted by atomic mass is 19.1. The van der Waals surface area contributed by atoms with Crippen LogP contribution in [0.1, 0.15) is 30.4 Å². The number of fused-ring (bicyclic) bond motifs is 1. The van der Waals surface area contributed by atoms with Crippen LogP contribution < -0.4 is 10.5 Å². The van der Waals surface area contributed by atoms with Gasteiger partial charge in [0.1, 0.15) is 28.9 Å². The average Bonchev–Trinajstić information content (AvgIpc) is 3.64. The minimum Gasteiger partial charge on any atom is -0.456 e. The largest absolute Gasteiger partial charge is 0.456 e. The van der Waals surface area contributed by atoms with E-state index in [1.54, 1.807) is 7.05 Å². The highest BCUT2D eigenvalue weighted by molar-refractivity contribution is 6.00. The lowest BCUT2D eigenvalue weighted by Crippen LogP contribution is -2.60. The number of aromatic nitrogens is 1. The number of nitrogens with zero attached hydrogens (tertiary/aromatic N) is 4. The van der Waals surface area contributed by atoms with Crippen molar-refractivity contribution in [3.8, 4) is 17.6 Å². The van der Waals surface area contributed by atoms with Crippen LogP contribution in [0.25, 0.3) is 0 Å². The van der Waals surface area contributed by atoms with Crippen LogP contribution in [0, 0.1) is 29.0 Å². The van der Waals surface area contributed by atoms with Crippen molar-refractivity contribution in [2.75, 3.05) is 13.7 Å². The first-order valence-electron chi connectivity index (χ1n) is 10.5. The van der Waals surface area contributed by atoms with Crippen molar-refractivity contribution in [2.45, 2.75) is 30.9 Å². The second-order valence-electron chi connectivity index (χ2n) is 8.53. The Bertz CT molecular complexity index is 1160. The number of pyridine rings is 1. The predicted octanol–water partition coefficient (Wildman–Crippen LogP) is 2.68. The third-order valence-corrected chi connectivity index (χ3v) is 6.48. The van der Waals surface area contributed by atoms with Gasteiger partial charge >= 0.3 is 0 Å². The quantitative estimate of drug-likeness (QED) is 0.790. The summed E-state index contributed by atoms with van der Waals surface area (Å²) in [5.74, 6) is -0.169. The van der Waals surface area contributed by atoms with Gasteiger partial charge in [0.2, 0.25) is 5.91 Å². The molecule has 1 aromatic carbocycles. The van der Waals surface area contributed by atoms with Gasteiger partial charge < -0.3 is 15.2 Å². The normalized spacial score (nSPS) is 27.3. The molecule has 2 aliphatic heterocycles. The highest BCUT2D eigenvalue weighted by Gasteiger charge is 2.56. The van der Waals surface area contributed by atoms with Gasteiger partial charge in [0.25, 0.3) is 0 Å². The summed E-state index contributed by atoms with van der Waals surface area (Å²) in [4.78, 5) is 23.1. The number of amides is 1. The zero-order chi connectivity index (χ0) is 22.5. The molecule has 0 radical (unpaired) electrons. The molecule has 5 rings (SSSR count). The fourth-order valence-electron chi connectivity index (χ4n) is 4.57. The number of ether oxygens (including phenoxy) is 2. The second-order valence-corrected chi connectivity index (χ2v) is 8.53. The van der Waals surface area contributed by atoms with Gasteiger partial charge in [-0.2, -0.15) is 5.26 Å². The molecule has 1 aromatic heterocycles. The molecule has 1 saturated heterocycles. The topological polar surface area (TPSA) is 114 Å². The molecule has 0 spiro atoms. The molecule has 2 aromatic rings.